The first-order valence-corrected chi connectivity index (χ1v) is 6.95. The van der Waals surface area contributed by atoms with Crippen LogP contribution in [0, 0.1) is 13.8 Å². The summed E-state index contributed by atoms with van der Waals surface area (Å²) in [5.41, 5.74) is 4.40. The van der Waals surface area contributed by atoms with Gasteiger partial charge in [0.1, 0.15) is 22.8 Å². The molecule has 0 saturated carbocycles. The van der Waals surface area contributed by atoms with Gasteiger partial charge in [0.25, 0.3) is 5.91 Å². The minimum atomic E-state index is -0.301. The van der Waals surface area contributed by atoms with Crippen LogP contribution in [0.1, 0.15) is 34.6 Å². The average molecular weight is 296 g/mol. The van der Waals surface area contributed by atoms with Crippen molar-refractivity contribution in [2.75, 3.05) is 0 Å². The van der Waals surface area contributed by atoms with Crippen molar-refractivity contribution in [2.45, 2.75) is 20.8 Å². The van der Waals surface area contributed by atoms with Gasteiger partial charge in [-0.05, 0) is 39.0 Å². The molecule has 0 spiro atoms. The lowest BCUT2D eigenvalue weighted by Crippen LogP contribution is -2.19. The summed E-state index contributed by atoms with van der Waals surface area (Å²) in [7, 11) is 0. The second-order valence-corrected chi connectivity index (χ2v) is 5.11. The van der Waals surface area contributed by atoms with Gasteiger partial charge in [0.2, 0.25) is 0 Å². The van der Waals surface area contributed by atoms with Crippen molar-refractivity contribution in [3.05, 3.63) is 59.2 Å². The lowest BCUT2D eigenvalue weighted by molar-refractivity contribution is 0.0953. The smallest absolute Gasteiger partial charge is 0.274 e. The highest BCUT2D eigenvalue weighted by molar-refractivity contribution is 6.01. The zero-order valence-corrected chi connectivity index (χ0v) is 12.6. The highest BCUT2D eigenvalue weighted by Crippen LogP contribution is 2.19. The number of carbonyl (C=O) groups excluding carboxylic acids is 1. The molecule has 0 fully saturated rings. The Kier molecular flexibility index (Phi) is 3.55. The summed E-state index contributed by atoms with van der Waals surface area (Å²) in [5.74, 6) is 1.60. The molecular formula is C17H16N2O3. The molecule has 2 heterocycles. The van der Waals surface area contributed by atoms with E-state index in [-0.39, 0.29) is 5.91 Å². The zero-order chi connectivity index (χ0) is 15.7. The fourth-order valence-corrected chi connectivity index (χ4v) is 2.27. The van der Waals surface area contributed by atoms with Crippen LogP contribution in [0.4, 0.5) is 0 Å². The van der Waals surface area contributed by atoms with Crippen LogP contribution in [0.5, 0.6) is 0 Å². The number of hydrazone groups is 1. The molecule has 0 saturated heterocycles. The first kappa shape index (κ1) is 14.1. The molecule has 1 amide bonds. The summed E-state index contributed by atoms with van der Waals surface area (Å²) in [6.07, 6.45) is 0. The number of carbonyl (C=O) groups is 1. The summed E-state index contributed by atoms with van der Waals surface area (Å²) in [6, 6.07) is 11.3. The van der Waals surface area contributed by atoms with Crippen LogP contribution in [-0.4, -0.2) is 11.6 Å². The number of fused-ring (bicyclic) bond motifs is 1. The predicted molar refractivity (Wildman–Crippen MR) is 84.1 cm³/mol. The number of benzene rings is 1. The van der Waals surface area contributed by atoms with E-state index in [0.29, 0.717) is 28.6 Å². The summed E-state index contributed by atoms with van der Waals surface area (Å²) in [4.78, 5) is 12.1. The molecule has 0 bridgehead atoms. The number of hydrogen-bond donors (Lipinski definition) is 1. The van der Waals surface area contributed by atoms with E-state index in [9.17, 15) is 4.79 Å². The number of rotatable bonds is 3. The standard InChI is InChI=1S/C17H16N2O3/c1-10-8-14(12(3)21-10)17(20)19-18-11(2)16-9-13-6-4-5-7-15(13)22-16/h4-9H,1-3H3,(H,19,20). The Morgan fingerprint density at radius 1 is 1.14 bits per heavy atom. The SMILES string of the molecule is CC(=NNC(=O)c1cc(C)oc1C)c1cc2ccccc2o1. The zero-order valence-electron chi connectivity index (χ0n) is 12.6. The molecule has 3 aromatic rings. The molecule has 5 heteroatoms. The minimum Gasteiger partial charge on any atom is -0.466 e. The highest BCUT2D eigenvalue weighted by Gasteiger charge is 2.13. The highest BCUT2D eigenvalue weighted by atomic mass is 16.3. The molecule has 1 N–H and O–H groups in total. The van der Waals surface area contributed by atoms with Crippen LogP contribution in [0.2, 0.25) is 0 Å². The fourth-order valence-electron chi connectivity index (χ4n) is 2.27. The van der Waals surface area contributed by atoms with Gasteiger partial charge in [-0.1, -0.05) is 18.2 Å². The molecule has 0 radical (unpaired) electrons. The van der Waals surface area contributed by atoms with E-state index in [0.717, 1.165) is 11.0 Å². The van der Waals surface area contributed by atoms with Gasteiger partial charge in [-0.25, -0.2) is 5.43 Å². The average Bonchev–Trinajstić information content (AvgIpc) is 3.07. The molecular weight excluding hydrogens is 280 g/mol. The van der Waals surface area contributed by atoms with Crippen molar-refractivity contribution in [1.82, 2.24) is 5.43 Å². The summed E-state index contributed by atoms with van der Waals surface area (Å²) < 4.78 is 11.0. The van der Waals surface area contributed by atoms with Gasteiger partial charge in [0, 0.05) is 5.39 Å². The predicted octanol–water partition coefficient (Wildman–Crippen LogP) is 3.80. The third-order valence-corrected chi connectivity index (χ3v) is 3.39. The Balaban J connectivity index is 1.79. The van der Waals surface area contributed by atoms with Gasteiger partial charge in [-0.3, -0.25) is 4.79 Å². The third kappa shape index (κ3) is 2.65. The maximum Gasteiger partial charge on any atom is 0.274 e. The van der Waals surface area contributed by atoms with E-state index in [4.69, 9.17) is 8.83 Å². The molecule has 1 aromatic carbocycles. The van der Waals surface area contributed by atoms with Crippen LogP contribution >= 0.6 is 0 Å². The Morgan fingerprint density at radius 2 is 1.91 bits per heavy atom. The van der Waals surface area contributed by atoms with E-state index in [1.165, 1.54) is 0 Å². The molecule has 112 valence electrons. The van der Waals surface area contributed by atoms with Crippen LogP contribution in [0.15, 0.2) is 50.3 Å². The van der Waals surface area contributed by atoms with Crippen molar-refractivity contribution in [2.24, 2.45) is 5.10 Å². The van der Waals surface area contributed by atoms with Gasteiger partial charge in [-0.2, -0.15) is 5.10 Å². The van der Waals surface area contributed by atoms with Gasteiger partial charge in [0.15, 0.2) is 5.76 Å². The van der Waals surface area contributed by atoms with Gasteiger partial charge in [-0.15, -0.1) is 0 Å². The Hall–Kier alpha value is -2.82. The molecule has 0 atom stereocenters. The van der Waals surface area contributed by atoms with Crippen LogP contribution in [-0.2, 0) is 0 Å². The molecule has 3 rings (SSSR count). The largest absolute Gasteiger partial charge is 0.466 e. The third-order valence-electron chi connectivity index (χ3n) is 3.39. The number of nitrogens with one attached hydrogen (secondary N) is 1. The lowest BCUT2D eigenvalue weighted by Gasteiger charge is -1.99. The molecule has 0 unspecified atom stereocenters. The Morgan fingerprint density at radius 3 is 2.59 bits per heavy atom. The fraction of sp³-hybridized carbons (Fsp3) is 0.176. The van der Waals surface area contributed by atoms with E-state index in [1.54, 1.807) is 26.8 Å². The van der Waals surface area contributed by atoms with Crippen molar-refractivity contribution < 1.29 is 13.6 Å². The van der Waals surface area contributed by atoms with Crippen molar-refractivity contribution in [3.8, 4) is 0 Å². The molecule has 0 aliphatic carbocycles. The Bertz CT molecular complexity index is 838. The molecule has 2 aromatic heterocycles. The van der Waals surface area contributed by atoms with Gasteiger partial charge in [0.05, 0.1) is 5.56 Å². The van der Waals surface area contributed by atoms with E-state index in [2.05, 4.69) is 10.5 Å². The normalized spacial score (nSPS) is 11.9. The van der Waals surface area contributed by atoms with Gasteiger partial charge >= 0.3 is 0 Å². The topological polar surface area (TPSA) is 67.7 Å². The van der Waals surface area contributed by atoms with Crippen LogP contribution < -0.4 is 5.43 Å². The molecule has 5 nitrogen and oxygen atoms in total. The minimum absolute atomic E-state index is 0.301. The van der Waals surface area contributed by atoms with Crippen LogP contribution in [0.3, 0.4) is 0 Å². The van der Waals surface area contributed by atoms with E-state index >= 15 is 0 Å². The number of furan rings is 2. The number of amides is 1. The Labute approximate surface area is 127 Å². The van der Waals surface area contributed by atoms with Crippen molar-refractivity contribution >= 4 is 22.6 Å². The number of aryl methyl sites for hydroxylation is 2. The summed E-state index contributed by atoms with van der Waals surface area (Å²) in [5, 5.41) is 5.10. The van der Waals surface area contributed by atoms with E-state index in [1.807, 2.05) is 30.3 Å². The monoisotopic (exact) mass is 296 g/mol. The first-order chi connectivity index (χ1) is 10.5. The van der Waals surface area contributed by atoms with Crippen molar-refractivity contribution in [1.29, 1.82) is 0 Å². The summed E-state index contributed by atoms with van der Waals surface area (Å²) >= 11 is 0. The van der Waals surface area contributed by atoms with Crippen molar-refractivity contribution in [3.63, 3.8) is 0 Å². The second kappa shape index (κ2) is 5.52. The lowest BCUT2D eigenvalue weighted by atomic mass is 10.2. The quantitative estimate of drug-likeness (QED) is 0.590. The second-order valence-electron chi connectivity index (χ2n) is 5.11. The maximum absolute atomic E-state index is 12.1. The van der Waals surface area contributed by atoms with Crippen LogP contribution in [0.25, 0.3) is 11.0 Å². The summed E-state index contributed by atoms with van der Waals surface area (Å²) in [6.45, 7) is 5.33. The van der Waals surface area contributed by atoms with E-state index < -0.39 is 0 Å². The molecule has 0 aliphatic rings. The molecule has 22 heavy (non-hydrogen) atoms. The number of hydrogen-bond acceptors (Lipinski definition) is 4. The number of nitrogens with zero attached hydrogens (tertiary/aromatic N) is 1. The van der Waals surface area contributed by atoms with Gasteiger partial charge < -0.3 is 8.83 Å². The number of para-hydroxylation sites is 1. The molecule has 0 aliphatic heterocycles. The first-order valence-electron chi connectivity index (χ1n) is 6.95. The maximum atomic E-state index is 12.1.